The van der Waals surface area contributed by atoms with Crippen LogP contribution in [0.4, 0.5) is 5.69 Å². The Balaban J connectivity index is 1.99. The monoisotopic (exact) mass is 281 g/mol. The van der Waals surface area contributed by atoms with Crippen molar-refractivity contribution in [1.29, 1.82) is 0 Å². The van der Waals surface area contributed by atoms with E-state index in [1.165, 1.54) is 7.11 Å². The lowest BCUT2D eigenvalue weighted by Crippen LogP contribution is -2.28. The van der Waals surface area contributed by atoms with Crippen molar-refractivity contribution < 1.29 is 9.53 Å². The molecule has 108 valence electrons. The van der Waals surface area contributed by atoms with Gasteiger partial charge in [0.2, 0.25) is 0 Å². The number of ether oxygens (including phenoxy) is 1. The van der Waals surface area contributed by atoms with Crippen LogP contribution in [0.1, 0.15) is 18.0 Å². The van der Waals surface area contributed by atoms with Gasteiger partial charge in [0.25, 0.3) is 0 Å². The molecule has 0 amide bonds. The van der Waals surface area contributed by atoms with Crippen molar-refractivity contribution in [2.24, 2.45) is 5.92 Å². The van der Waals surface area contributed by atoms with E-state index in [0.717, 1.165) is 24.2 Å². The molecule has 0 N–H and O–H groups in total. The molecule has 0 unspecified atom stereocenters. The van der Waals surface area contributed by atoms with Crippen LogP contribution in [0.5, 0.6) is 0 Å². The molecule has 2 aromatic carbocycles. The smallest absolute Gasteiger partial charge is 0.311 e. The molecule has 0 bridgehead atoms. The standard InChI is InChI=1S/C18H19NO2/c1-21-18(20)16-12-13-19(15-10-6-3-7-11-15)17(16)14-8-4-2-5-9-14/h2-11,16-17H,12-13H2,1H3/t16-,17-/m0/s1. The Kier molecular flexibility index (Phi) is 3.91. The van der Waals surface area contributed by atoms with E-state index in [9.17, 15) is 4.79 Å². The number of rotatable bonds is 3. The van der Waals surface area contributed by atoms with Crippen LogP contribution in [0.15, 0.2) is 60.7 Å². The minimum absolute atomic E-state index is 0.0426. The molecule has 1 aliphatic rings. The SMILES string of the molecule is COC(=O)[C@H]1CCN(c2ccccc2)[C@H]1c1ccccc1. The average molecular weight is 281 g/mol. The van der Waals surface area contributed by atoms with E-state index in [0.29, 0.717) is 0 Å². The first-order valence-electron chi connectivity index (χ1n) is 7.25. The molecule has 0 aromatic heterocycles. The molecule has 3 nitrogen and oxygen atoms in total. The summed E-state index contributed by atoms with van der Waals surface area (Å²) >= 11 is 0. The Labute approximate surface area is 125 Å². The van der Waals surface area contributed by atoms with E-state index >= 15 is 0 Å². The van der Waals surface area contributed by atoms with E-state index in [1.54, 1.807) is 0 Å². The van der Waals surface area contributed by atoms with Crippen LogP contribution in [0.2, 0.25) is 0 Å². The second-order valence-corrected chi connectivity index (χ2v) is 5.30. The number of carbonyl (C=O) groups is 1. The summed E-state index contributed by atoms with van der Waals surface area (Å²) in [6.45, 7) is 0.864. The van der Waals surface area contributed by atoms with Crippen molar-refractivity contribution in [3.8, 4) is 0 Å². The fourth-order valence-electron chi connectivity index (χ4n) is 3.16. The van der Waals surface area contributed by atoms with Crippen molar-refractivity contribution in [2.45, 2.75) is 12.5 Å². The molecule has 3 rings (SSSR count). The summed E-state index contributed by atoms with van der Waals surface area (Å²) < 4.78 is 5.00. The van der Waals surface area contributed by atoms with E-state index in [-0.39, 0.29) is 17.9 Å². The average Bonchev–Trinajstić information content (AvgIpc) is 3.00. The Hall–Kier alpha value is -2.29. The van der Waals surface area contributed by atoms with Gasteiger partial charge >= 0.3 is 5.97 Å². The number of nitrogens with zero attached hydrogens (tertiary/aromatic N) is 1. The van der Waals surface area contributed by atoms with Gasteiger partial charge < -0.3 is 9.64 Å². The van der Waals surface area contributed by atoms with Crippen molar-refractivity contribution in [3.63, 3.8) is 0 Å². The summed E-state index contributed by atoms with van der Waals surface area (Å²) in [7, 11) is 1.47. The third-order valence-electron chi connectivity index (χ3n) is 4.13. The number of para-hydroxylation sites is 1. The molecular formula is C18H19NO2. The molecule has 1 aliphatic heterocycles. The van der Waals surface area contributed by atoms with Gasteiger partial charge in [0.1, 0.15) is 0 Å². The highest BCUT2D eigenvalue weighted by Gasteiger charge is 2.40. The predicted molar refractivity (Wildman–Crippen MR) is 83.1 cm³/mol. The van der Waals surface area contributed by atoms with Crippen molar-refractivity contribution in [3.05, 3.63) is 66.2 Å². The summed E-state index contributed by atoms with van der Waals surface area (Å²) in [6.07, 6.45) is 0.821. The minimum atomic E-state index is -0.123. The van der Waals surface area contributed by atoms with Crippen LogP contribution in [-0.2, 0) is 9.53 Å². The molecule has 0 saturated carbocycles. The number of anilines is 1. The second-order valence-electron chi connectivity index (χ2n) is 5.30. The van der Waals surface area contributed by atoms with Gasteiger partial charge in [0.15, 0.2) is 0 Å². The predicted octanol–water partition coefficient (Wildman–Crippen LogP) is 3.43. The van der Waals surface area contributed by atoms with Gasteiger partial charge in [-0.05, 0) is 24.1 Å². The summed E-state index contributed by atoms with van der Waals surface area (Å²) in [4.78, 5) is 14.4. The van der Waals surface area contributed by atoms with Crippen molar-refractivity contribution >= 4 is 11.7 Å². The zero-order valence-electron chi connectivity index (χ0n) is 12.1. The fourth-order valence-corrected chi connectivity index (χ4v) is 3.16. The number of carbonyl (C=O) groups excluding carboxylic acids is 1. The highest BCUT2D eigenvalue weighted by Crippen LogP contribution is 2.40. The molecule has 1 saturated heterocycles. The quantitative estimate of drug-likeness (QED) is 0.807. The topological polar surface area (TPSA) is 29.5 Å². The molecule has 0 radical (unpaired) electrons. The summed E-state index contributed by atoms with van der Waals surface area (Å²) in [5, 5.41) is 0. The Morgan fingerprint density at radius 1 is 1.05 bits per heavy atom. The lowest BCUT2D eigenvalue weighted by atomic mass is 9.93. The molecule has 0 spiro atoms. The lowest BCUT2D eigenvalue weighted by molar-refractivity contribution is -0.145. The molecule has 2 aromatic rings. The van der Waals surface area contributed by atoms with E-state index in [1.807, 2.05) is 36.4 Å². The maximum atomic E-state index is 12.1. The molecule has 1 heterocycles. The van der Waals surface area contributed by atoms with E-state index < -0.39 is 0 Å². The summed E-state index contributed by atoms with van der Waals surface area (Å²) in [5.41, 5.74) is 2.31. The Morgan fingerprint density at radius 2 is 1.67 bits per heavy atom. The lowest BCUT2D eigenvalue weighted by Gasteiger charge is -2.29. The zero-order valence-corrected chi connectivity index (χ0v) is 12.1. The number of esters is 1. The highest BCUT2D eigenvalue weighted by atomic mass is 16.5. The summed E-state index contributed by atoms with van der Waals surface area (Å²) in [6, 6.07) is 20.5. The third-order valence-corrected chi connectivity index (χ3v) is 4.13. The van der Waals surface area contributed by atoms with Crippen LogP contribution in [-0.4, -0.2) is 19.6 Å². The molecule has 0 aliphatic carbocycles. The fraction of sp³-hybridized carbons (Fsp3) is 0.278. The summed E-state index contributed by atoms with van der Waals surface area (Å²) in [5.74, 6) is -0.236. The van der Waals surface area contributed by atoms with Crippen LogP contribution in [0.3, 0.4) is 0 Å². The normalized spacial score (nSPS) is 21.3. The molecule has 21 heavy (non-hydrogen) atoms. The second kappa shape index (κ2) is 6.00. The van der Waals surface area contributed by atoms with Gasteiger partial charge in [-0.15, -0.1) is 0 Å². The van der Waals surface area contributed by atoms with Gasteiger partial charge in [0, 0.05) is 12.2 Å². The van der Waals surface area contributed by atoms with Crippen molar-refractivity contribution in [1.82, 2.24) is 0 Å². The van der Waals surface area contributed by atoms with Gasteiger partial charge in [-0.3, -0.25) is 4.79 Å². The maximum absolute atomic E-state index is 12.1. The first kappa shape index (κ1) is 13.7. The van der Waals surface area contributed by atoms with E-state index in [2.05, 4.69) is 29.2 Å². The Bertz CT molecular complexity index is 597. The number of hydrogen-bond acceptors (Lipinski definition) is 3. The van der Waals surface area contributed by atoms with Crippen LogP contribution in [0.25, 0.3) is 0 Å². The van der Waals surface area contributed by atoms with Crippen LogP contribution in [0, 0.1) is 5.92 Å². The van der Waals surface area contributed by atoms with E-state index in [4.69, 9.17) is 4.74 Å². The van der Waals surface area contributed by atoms with Crippen LogP contribution >= 0.6 is 0 Å². The van der Waals surface area contributed by atoms with Crippen molar-refractivity contribution in [2.75, 3.05) is 18.6 Å². The number of benzene rings is 2. The largest absolute Gasteiger partial charge is 0.469 e. The third kappa shape index (κ3) is 2.64. The molecule has 3 heteroatoms. The minimum Gasteiger partial charge on any atom is -0.469 e. The Morgan fingerprint density at radius 3 is 2.29 bits per heavy atom. The van der Waals surface area contributed by atoms with Gasteiger partial charge in [-0.2, -0.15) is 0 Å². The zero-order chi connectivity index (χ0) is 14.7. The maximum Gasteiger partial charge on any atom is 0.311 e. The number of hydrogen-bond donors (Lipinski definition) is 0. The van der Waals surface area contributed by atoms with Crippen LogP contribution < -0.4 is 4.90 Å². The van der Waals surface area contributed by atoms with Gasteiger partial charge in [0.05, 0.1) is 19.1 Å². The number of methoxy groups -OCH3 is 1. The first-order chi connectivity index (χ1) is 10.3. The highest BCUT2D eigenvalue weighted by molar-refractivity contribution is 5.75. The molecule has 1 fully saturated rings. The molecular weight excluding hydrogens is 262 g/mol. The van der Waals surface area contributed by atoms with Gasteiger partial charge in [-0.25, -0.2) is 0 Å². The first-order valence-corrected chi connectivity index (χ1v) is 7.25. The molecule has 2 atom stereocenters. The van der Waals surface area contributed by atoms with Gasteiger partial charge in [-0.1, -0.05) is 48.5 Å².